The second kappa shape index (κ2) is 8.36. The van der Waals surface area contributed by atoms with E-state index in [1.165, 1.54) is 0 Å². The summed E-state index contributed by atoms with van der Waals surface area (Å²) < 4.78 is 15.8. The summed E-state index contributed by atoms with van der Waals surface area (Å²) in [6.07, 6.45) is -0.452. The summed E-state index contributed by atoms with van der Waals surface area (Å²) in [6.45, 7) is 7.01. The molecule has 1 amide bonds. The summed E-state index contributed by atoms with van der Waals surface area (Å²) in [5.74, 6) is 0.870. The van der Waals surface area contributed by atoms with Gasteiger partial charge in [0.25, 0.3) is 0 Å². The molecule has 0 aliphatic heterocycles. The average Bonchev–Trinajstić information content (AvgIpc) is 2.37. The number of nitrogens with one attached hydrogen (secondary N) is 1. The van der Waals surface area contributed by atoms with E-state index in [1.807, 2.05) is 20.8 Å². The molecule has 21 heavy (non-hydrogen) atoms. The molecular formula is C15H23NO5. The standard InChI is InChI=1S/C15H23NO5/c1-15(2,3)21-14(18)16-8-9-19-10-11-20-13-6-4-12(17)5-7-13/h4-7,17H,8-11H2,1-3H3,(H,16,18). The Morgan fingerprint density at radius 2 is 1.81 bits per heavy atom. The van der Waals surface area contributed by atoms with E-state index in [1.54, 1.807) is 24.3 Å². The molecule has 1 aromatic carbocycles. The van der Waals surface area contributed by atoms with Gasteiger partial charge in [-0.05, 0) is 45.0 Å². The van der Waals surface area contributed by atoms with Crippen LogP contribution in [0.4, 0.5) is 4.79 Å². The third-order valence-electron chi connectivity index (χ3n) is 2.25. The number of carbonyl (C=O) groups is 1. The summed E-state index contributed by atoms with van der Waals surface area (Å²) in [5, 5.41) is 11.7. The summed E-state index contributed by atoms with van der Waals surface area (Å²) in [5.41, 5.74) is -0.497. The van der Waals surface area contributed by atoms with Crippen LogP contribution >= 0.6 is 0 Å². The Morgan fingerprint density at radius 1 is 1.14 bits per heavy atom. The molecule has 0 fully saturated rings. The van der Waals surface area contributed by atoms with Crippen LogP contribution in [0.5, 0.6) is 11.5 Å². The van der Waals surface area contributed by atoms with E-state index >= 15 is 0 Å². The third-order valence-corrected chi connectivity index (χ3v) is 2.25. The molecule has 6 nitrogen and oxygen atoms in total. The Labute approximate surface area is 125 Å². The summed E-state index contributed by atoms with van der Waals surface area (Å²) >= 11 is 0. The molecule has 118 valence electrons. The number of alkyl carbamates (subject to hydrolysis) is 1. The number of benzene rings is 1. The SMILES string of the molecule is CC(C)(C)OC(=O)NCCOCCOc1ccc(O)cc1. The van der Waals surface area contributed by atoms with E-state index in [9.17, 15) is 4.79 Å². The predicted molar refractivity (Wildman–Crippen MR) is 78.7 cm³/mol. The van der Waals surface area contributed by atoms with Crippen LogP contribution in [0, 0.1) is 0 Å². The Balaban J connectivity index is 2.00. The smallest absolute Gasteiger partial charge is 0.407 e. The van der Waals surface area contributed by atoms with E-state index in [4.69, 9.17) is 19.3 Å². The van der Waals surface area contributed by atoms with Crippen LogP contribution in [0.25, 0.3) is 0 Å². The molecule has 0 saturated heterocycles. The van der Waals surface area contributed by atoms with Crippen molar-refractivity contribution in [2.45, 2.75) is 26.4 Å². The van der Waals surface area contributed by atoms with E-state index in [0.29, 0.717) is 32.1 Å². The molecule has 0 aromatic heterocycles. The molecule has 0 heterocycles. The highest BCUT2D eigenvalue weighted by atomic mass is 16.6. The minimum absolute atomic E-state index is 0.201. The van der Waals surface area contributed by atoms with Gasteiger partial charge in [0.15, 0.2) is 0 Å². The number of ether oxygens (including phenoxy) is 3. The lowest BCUT2D eigenvalue weighted by atomic mass is 10.2. The fraction of sp³-hybridized carbons (Fsp3) is 0.533. The van der Waals surface area contributed by atoms with Crippen LogP contribution in [-0.4, -0.2) is 43.2 Å². The van der Waals surface area contributed by atoms with Gasteiger partial charge >= 0.3 is 6.09 Å². The highest BCUT2D eigenvalue weighted by molar-refractivity contribution is 5.67. The highest BCUT2D eigenvalue weighted by Gasteiger charge is 2.15. The topological polar surface area (TPSA) is 77.0 Å². The molecule has 0 atom stereocenters. The Kier molecular flexibility index (Phi) is 6.81. The Bertz CT molecular complexity index is 425. The van der Waals surface area contributed by atoms with Gasteiger partial charge in [-0.2, -0.15) is 0 Å². The monoisotopic (exact) mass is 297 g/mol. The predicted octanol–water partition coefficient (Wildman–Crippen LogP) is 2.31. The average molecular weight is 297 g/mol. The van der Waals surface area contributed by atoms with Crippen LogP contribution in [-0.2, 0) is 9.47 Å². The molecule has 6 heteroatoms. The van der Waals surface area contributed by atoms with Crippen LogP contribution in [0.1, 0.15) is 20.8 Å². The number of aromatic hydroxyl groups is 1. The van der Waals surface area contributed by atoms with Gasteiger partial charge in [0, 0.05) is 6.54 Å². The second-order valence-electron chi connectivity index (χ2n) is 5.38. The number of hydrogen-bond donors (Lipinski definition) is 2. The van der Waals surface area contributed by atoms with Crippen LogP contribution in [0.3, 0.4) is 0 Å². The summed E-state index contributed by atoms with van der Waals surface area (Å²) in [4.78, 5) is 11.3. The molecule has 2 N–H and O–H groups in total. The highest BCUT2D eigenvalue weighted by Crippen LogP contribution is 2.15. The Morgan fingerprint density at radius 3 is 2.43 bits per heavy atom. The van der Waals surface area contributed by atoms with Crippen molar-refractivity contribution in [3.8, 4) is 11.5 Å². The van der Waals surface area contributed by atoms with Crippen molar-refractivity contribution < 1.29 is 24.1 Å². The molecular weight excluding hydrogens is 274 g/mol. The van der Waals surface area contributed by atoms with E-state index in [-0.39, 0.29) is 5.75 Å². The van der Waals surface area contributed by atoms with Crippen LogP contribution < -0.4 is 10.1 Å². The fourth-order valence-corrected chi connectivity index (χ4v) is 1.40. The van der Waals surface area contributed by atoms with Crippen molar-refractivity contribution in [1.82, 2.24) is 5.32 Å². The summed E-state index contributed by atoms with van der Waals surface area (Å²) in [7, 11) is 0. The normalized spacial score (nSPS) is 11.0. The van der Waals surface area contributed by atoms with Crippen LogP contribution in [0.15, 0.2) is 24.3 Å². The first kappa shape index (κ1) is 17.1. The number of carbonyl (C=O) groups excluding carboxylic acids is 1. The van der Waals surface area contributed by atoms with Crippen molar-refractivity contribution >= 4 is 6.09 Å². The molecule has 0 aliphatic rings. The lowest BCUT2D eigenvalue weighted by Gasteiger charge is -2.19. The quantitative estimate of drug-likeness (QED) is 0.755. The molecule has 1 rings (SSSR count). The van der Waals surface area contributed by atoms with Gasteiger partial charge in [-0.15, -0.1) is 0 Å². The minimum atomic E-state index is -0.497. The fourth-order valence-electron chi connectivity index (χ4n) is 1.40. The maximum absolute atomic E-state index is 11.3. The molecule has 0 unspecified atom stereocenters. The number of phenolic OH excluding ortho intramolecular Hbond substituents is 1. The van der Waals surface area contributed by atoms with Crippen molar-refractivity contribution in [3.63, 3.8) is 0 Å². The van der Waals surface area contributed by atoms with Gasteiger partial charge in [-0.3, -0.25) is 0 Å². The van der Waals surface area contributed by atoms with Crippen LogP contribution in [0.2, 0.25) is 0 Å². The summed E-state index contributed by atoms with van der Waals surface area (Å²) in [6, 6.07) is 6.47. The molecule has 0 radical (unpaired) electrons. The maximum Gasteiger partial charge on any atom is 0.407 e. The maximum atomic E-state index is 11.3. The first-order chi connectivity index (χ1) is 9.87. The van der Waals surface area contributed by atoms with E-state index in [2.05, 4.69) is 5.32 Å². The largest absolute Gasteiger partial charge is 0.508 e. The minimum Gasteiger partial charge on any atom is -0.508 e. The lowest BCUT2D eigenvalue weighted by Crippen LogP contribution is -2.34. The zero-order valence-corrected chi connectivity index (χ0v) is 12.7. The van der Waals surface area contributed by atoms with Gasteiger partial charge in [-0.1, -0.05) is 0 Å². The van der Waals surface area contributed by atoms with E-state index in [0.717, 1.165) is 0 Å². The molecule has 0 spiro atoms. The first-order valence-corrected chi connectivity index (χ1v) is 6.83. The molecule has 0 aliphatic carbocycles. The number of rotatable bonds is 7. The zero-order chi connectivity index (χ0) is 15.7. The number of phenols is 1. The van der Waals surface area contributed by atoms with Crippen molar-refractivity contribution in [1.29, 1.82) is 0 Å². The van der Waals surface area contributed by atoms with Crippen molar-refractivity contribution in [2.24, 2.45) is 0 Å². The van der Waals surface area contributed by atoms with Crippen molar-refractivity contribution in [2.75, 3.05) is 26.4 Å². The first-order valence-electron chi connectivity index (χ1n) is 6.83. The molecule has 1 aromatic rings. The molecule has 0 saturated carbocycles. The van der Waals surface area contributed by atoms with Crippen molar-refractivity contribution in [3.05, 3.63) is 24.3 Å². The third kappa shape index (κ3) is 8.75. The number of amides is 1. The van der Waals surface area contributed by atoms with Gasteiger partial charge in [0.2, 0.25) is 0 Å². The zero-order valence-electron chi connectivity index (χ0n) is 12.7. The van der Waals surface area contributed by atoms with Gasteiger partial charge in [-0.25, -0.2) is 4.79 Å². The lowest BCUT2D eigenvalue weighted by molar-refractivity contribution is 0.0489. The van der Waals surface area contributed by atoms with E-state index < -0.39 is 11.7 Å². The Hall–Kier alpha value is -1.95. The van der Waals surface area contributed by atoms with Gasteiger partial charge in [0.05, 0.1) is 13.2 Å². The van der Waals surface area contributed by atoms with Gasteiger partial charge < -0.3 is 24.6 Å². The van der Waals surface area contributed by atoms with Gasteiger partial charge in [0.1, 0.15) is 23.7 Å². The second-order valence-corrected chi connectivity index (χ2v) is 5.38. The molecule has 0 bridgehead atoms. The number of hydrogen-bond acceptors (Lipinski definition) is 5.